The van der Waals surface area contributed by atoms with E-state index in [0.717, 1.165) is 51.6 Å². The first-order chi connectivity index (χ1) is 9.31. The average molecular weight is 270 g/mol. The van der Waals surface area contributed by atoms with Crippen LogP contribution in [0, 0.1) is 0 Å². The largest absolute Gasteiger partial charge is 0.468 e. The van der Waals surface area contributed by atoms with Crippen LogP contribution in [0.2, 0.25) is 0 Å². The molecule has 5 heteroatoms. The second-order valence-electron chi connectivity index (χ2n) is 4.51. The molecule has 1 aromatic rings. The lowest BCUT2D eigenvalue weighted by atomic mass is 10.2. The van der Waals surface area contributed by atoms with Gasteiger partial charge < -0.3 is 19.2 Å². The van der Waals surface area contributed by atoms with E-state index in [0.29, 0.717) is 0 Å². The monoisotopic (exact) mass is 270 g/mol. The van der Waals surface area contributed by atoms with Gasteiger partial charge in [0.15, 0.2) is 0 Å². The van der Waals surface area contributed by atoms with Crippen LogP contribution in [0.3, 0.4) is 0 Å². The zero-order chi connectivity index (χ0) is 13.9. The Morgan fingerprint density at radius 2 is 2.00 bits per heavy atom. The number of hydrogen-bond donors (Lipinski definition) is 1. The van der Waals surface area contributed by atoms with Gasteiger partial charge in [-0.1, -0.05) is 0 Å². The molecule has 0 saturated heterocycles. The molecule has 1 rings (SSSR count). The predicted molar refractivity (Wildman–Crippen MR) is 75.1 cm³/mol. The molecule has 0 spiro atoms. The molecule has 110 valence electrons. The topological polar surface area (TPSA) is 46.9 Å². The first-order valence-corrected chi connectivity index (χ1v) is 6.72. The summed E-state index contributed by atoms with van der Waals surface area (Å²) in [5, 5.41) is 3.16. The predicted octanol–water partition coefficient (Wildman–Crippen LogP) is 1.48. The summed E-state index contributed by atoms with van der Waals surface area (Å²) in [6, 6.07) is 2.02. The highest BCUT2D eigenvalue weighted by molar-refractivity contribution is 5.16. The third-order valence-electron chi connectivity index (χ3n) is 3.01. The lowest BCUT2D eigenvalue weighted by molar-refractivity contribution is 0.124. The second-order valence-corrected chi connectivity index (χ2v) is 4.51. The van der Waals surface area contributed by atoms with E-state index in [4.69, 9.17) is 13.9 Å². The van der Waals surface area contributed by atoms with Gasteiger partial charge in [-0.25, -0.2) is 0 Å². The van der Waals surface area contributed by atoms with Crippen molar-refractivity contribution in [2.24, 2.45) is 0 Å². The van der Waals surface area contributed by atoms with Crippen LogP contribution in [-0.2, 0) is 22.6 Å². The Morgan fingerprint density at radius 3 is 2.68 bits per heavy atom. The molecule has 0 aliphatic carbocycles. The van der Waals surface area contributed by atoms with Crippen molar-refractivity contribution in [2.45, 2.75) is 19.5 Å². The van der Waals surface area contributed by atoms with E-state index in [2.05, 4.69) is 10.2 Å². The summed E-state index contributed by atoms with van der Waals surface area (Å²) in [5.74, 6) is 1.03. The molecule has 0 atom stereocenters. The van der Waals surface area contributed by atoms with Crippen molar-refractivity contribution < 1.29 is 13.9 Å². The van der Waals surface area contributed by atoms with Gasteiger partial charge in [-0.15, -0.1) is 0 Å². The van der Waals surface area contributed by atoms with Crippen LogP contribution in [0.1, 0.15) is 17.7 Å². The number of nitrogens with one attached hydrogen (secondary N) is 1. The minimum Gasteiger partial charge on any atom is -0.468 e. The molecule has 0 fully saturated rings. The molecule has 0 amide bonds. The van der Waals surface area contributed by atoms with E-state index in [-0.39, 0.29) is 0 Å². The van der Waals surface area contributed by atoms with Crippen LogP contribution in [-0.4, -0.2) is 52.5 Å². The fourth-order valence-corrected chi connectivity index (χ4v) is 1.98. The summed E-state index contributed by atoms with van der Waals surface area (Å²) in [5.41, 5.74) is 1.22. The van der Waals surface area contributed by atoms with Crippen molar-refractivity contribution in [1.29, 1.82) is 0 Å². The molecule has 0 aliphatic rings. The summed E-state index contributed by atoms with van der Waals surface area (Å²) < 4.78 is 15.8. The molecule has 0 bridgehead atoms. The highest BCUT2D eigenvalue weighted by Gasteiger charge is 2.11. The van der Waals surface area contributed by atoms with E-state index in [9.17, 15) is 0 Å². The third-order valence-corrected chi connectivity index (χ3v) is 3.01. The molecular formula is C14H26N2O3. The molecule has 0 aromatic carbocycles. The maximum Gasteiger partial charge on any atom is 0.122 e. The van der Waals surface area contributed by atoms with Gasteiger partial charge in [0.2, 0.25) is 0 Å². The van der Waals surface area contributed by atoms with Gasteiger partial charge in [0.1, 0.15) is 5.76 Å². The summed E-state index contributed by atoms with van der Waals surface area (Å²) in [6.45, 7) is 5.05. The zero-order valence-corrected chi connectivity index (χ0v) is 12.3. The summed E-state index contributed by atoms with van der Waals surface area (Å²) in [7, 11) is 5.40. The quantitative estimate of drug-likeness (QED) is 0.617. The number of methoxy groups -OCH3 is 2. The van der Waals surface area contributed by atoms with E-state index in [1.807, 2.05) is 13.1 Å². The summed E-state index contributed by atoms with van der Waals surface area (Å²) in [6.07, 6.45) is 2.77. The molecular weight excluding hydrogens is 244 g/mol. The van der Waals surface area contributed by atoms with Gasteiger partial charge in [0.05, 0.1) is 19.4 Å². The van der Waals surface area contributed by atoms with Crippen molar-refractivity contribution in [3.63, 3.8) is 0 Å². The maximum absolute atomic E-state index is 5.58. The van der Waals surface area contributed by atoms with Crippen LogP contribution in [0.5, 0.6) is 0 Å². The number of hydrogen-bond acceptors (Lipinski definition) is 5. The van der Waals surface area contributed by atoms with Crippen LogP contribution in [0.25, 0.3) is 0 Å². The van der Waals surface area contributed by atoms with Crippen molar-refractivity contribution in [1.82, 2.24) is 10.2 Å². The second kappa shape index (κ2) is 9.97. The van der Waals surface area contributed by atoms with E-state index in [1.54, 1.807) is 20.5 Å². The maximum atomic E-state index is 5.58. The molecule has 19 heavy (non-hydrogen) atoms. The smallest absolute Gasteiger partial charge is 0.122 e. The minimum atomic E-state index is 0.731. The molecule has 0 aliphatic heterocycles. The number of rotatable bonds is 11. The van der Waals surface area contributed by atoms with Gasteiger partial charge in [0, 0.05) is 46.0 Å². The lowest BCUT2D eigenvalue weighted by Crippen LogP contribution is -2.29. The highest BCUT2D eigenvalue weighted by atomic mass is 16.5. The Kier molecular flexibility index (Phi) is 8.49. The van der Waals surface area contributed by atoms with Gasteiger partial charge >= 0.3 is 0 Å². The minimum absolute atomic E-state index is 0.731. The van der Waals surface area contributed by atoms with Crippen molar-refractivity contribution >= 4 is 0 Å². The normalized spacial score (nSPS) is 11.4. The van der Waals surface area contributed by atoms with E-state index < -0.39 is 0 Å². The Bertz CT molecular complexity index is 328. The molecule has 0 radical (unpaired) electrons. The number of ether oxygens (including phenoxy) is 2. The Morgan fingerprint density at radius 1 is 1.21 bits per heavy atom. The summed E-state index contributed by atoms with van der Waals surface area (Å²) >= 11 is 0. The van der Waals surface area contributed by atoms with Crippen molar-refractivity contribution in [2.75, 3.05) is 47.6 Å². The van der Waals surface area contributed by atoms with Crippen molar-refractivity contribution in [3.8, 4) is 0 Å². The first-order valence-electron chi connectivity index (χ1n) is 6.72. The zero-order valence-electron chi connectivity index (χ0n) is 12.3. The summed E-state index contributed by atoms with van der Waals surface area (Å²) in [4.78, 5) is 2.33. The van der Waals surface area contributed by atoms with Crippen LogP contribution in [0.15, 0.2) is 16.7 Å². The Balaban J connectivity index is 2.51. The average Bonchev–Trinajstić information content (AvgIpc) is 2.84. The molecule has 5 nitrogen and oxygen atoms in total. The molecule has 1 aromatic heterocycles. The highest BCUT2D eigenvalue weighted by Crippen LogP contribution is 2.13. The Hall–Kier alpha value is -0.880. The molecule has 0 unspecified atom stereocenters. The third kappa shape index (κ3) is 6.20. The molecule has 0 saturated carbocycles. The van der Waals surface area contributed by atoms with Crippen molar-refractivity contribution in [3.05, 3.63) is 23.7 Å². The number of nitrogens with zero attached hydrogens (tertiary/aromatic N) is 1. The van der Waals surface area contributed by atoms with Crippen LogP contribution >= 0.6 is 0 Å². The standard InChI is InChI=1S/C14H26N2O3/c1-15-11-13-5-9-19-14(13)12-16(7-10-18-3)6-4-8-17-2/h5,9,15H,4,6-8,10-12H2,1-3H3. The van der Waals surface area contributed by atoms with E-state index in [1.165, 1.54) is 5.56 Å². The first kappa shape index (κ1) is 16.2. The lowest BCUT2D eigenvalue weighted by Gasteiger charge is -2.21. The fourth-order valence-electron chi connectivity index (χ4n) is 1.98. The number of furan rings is 1. The van der Waals surface area contributed by atoms with Gasteiger partial charge in [0.25, 0.3) is 0 Å². The van der Waals surface area contributed by atoms with Gasteiger partial charge in [-0.2, -0.15) is 0 Å². The van der Waals surface area contributed by atoms with E-state index >= 15 is 0 Å². The fraction of sp³-hybridized carbons (Fsp3) is 0.714. The molecule has 1 heterocycles. The molecule has 1 N–H and O–H groups in total. The Labute approximate surface area is 115 Å². The SMILES string of the molecule is CNCc1ccoc1CN(CCCOC)CCOC. The van der Waals surface area contributed by atoms with Gasteiger partial charge in [-0.05, 0) is 19.5 Å². The van der Waals surface area contributed by atoms with Crippen LogP contribution in [0.4, 0.5) is 0 Å². The van der Waals surface area contributed by atoms with Crippen LogP contribution < -0.4 is 5.32 Å². The van der Waals surface area contributed by atoms with Gasteiger partial charge in [-0.3, -0.25) is 4.90 Å².